The molecule has 0 aromatic carbocycles. The van der Waals surface area contributed by atoms with Crippen LogP contribution in [0.2, 0.25) is 0 Å². The lowest BCUT2D eigenvalue weighted by Gasteiger charge is -2.35. The summed E-state index contributed by atoms with van der Waals surface area (Å²) in [5.74, 6) is -0.0296. The first kappa shape index (κ1) is 29.0. The van der Waals surface area contributed by atoms with Crippen LogP contribution in [0.4, 0.5) is 0 Å². The minimum absolute atomic E-state index is 0. The van der Waals surface area contributed by atoms with Crippen molar-refractivity contribution >= 4 is 54.5 Å². The zero-order valence-electron chi connectivity index (χ0n) is 16.0. The van der Waals surface area contributed by atoms with Crippen LogP contribution in [0.15, 0.2) is 5.38 Å². The summed E-state index contributed by atoms with van der Waals surface area (Å²) in [7, 11) is 1.56. The van der Waals surface area contributed by atoms with E-state index < -0.39 is 6.04 Å². The summed E-state index contributed by atoms with van der Waals surface area (Å²) in [6.45, 7) is 8.84. The molecule has 1 fully saturated rings. The topological polar surface area (TPSA) is 80.9 Å². The van der Waals surface area contributed by atoms with Gasteiger partial charge in [0.05, 0.1) is 12.3 Å². The second-order valence-corrected chi connectivity index (χ2v) is 6.83. The number of carbonyl (C=O) groups excluding carboxylic acids is 1. The van der Waals surface area contributed by atoms with E-state index >= 15 is 0 Å². The quantitative estimate of drug-likeness (QED) is 0.633. The van der Waals surface area contributed by atoms with E-state index in [1.807, 2.05) is 18.7 Å². The Morgan fingerprint density at radius 2 is 1.93 bits per heavy atom. The Balaban J connectivity index is 0. The lowest BCUT2D eigenvalue weighted by molar-refractivity contribution is -0.135. The summed E-state index contributed by atoms with van der Waals surface area (Å²) < 4.78 is 10.5. The molecule has 160 valence electrons. The third-order valence-corrected chi connectivity index (χ3v) is 5.12. The number of carbonyl (C=O) groups is 1. The number of halogens is 3. The number of hydrogen-bond donors (Lipinski definition) is 1. The molecule has 2 N–H and O–H groups in total. The van der Waals surface area contributed by atoms with Gasteiger partial charge < -0.3 is 20.1 Å². The van der Waals surface area contributed by atoms with E-state index in [1.165, 1.54) is 0 Å². The van der Waals surface area contributed by atoms with Crippen LogP contribution in [0, 0.1) is 0 Å². The molecule has 7 nitrogen and oxygen atoms in total. The van der Waals surface area contributed by atoms with E-state index in [0.29, 0.717) is 19.7 Å². The number of piperazine rings is 1. The summed E-state index contributed by atoms with van der Waals surface area (Å²) >= 11 is 1.64. The van der Waals surface area contributed by atoms with Gasteiger partial charge in [0.25, 0.3) is 0 Å². The van der Waals surface area contributed by atoms with Crippen molar-refractivity contribution in [3.63, 3.8) is 0 Å². The lowest BCUT2D eigenvalue weighted by atomic mass is 10.2. The van der Waals surface area contributed by atoms with Gasteiger partial charge in [0.2, 0.25) is 5.91 Å². The number of hydrogen-bond acceptors (Lipinski definition) is 7. The van der Waals surface area contributed by atoms with Gasteiger partial charge in [0.1, 0.15) is 17.2 Å². The van der Waals surface area contributed by atoms with Crippen molar-refractivity contribution in [1.82, 2.24) is 14.8 Å². The average Bonchev–Trinajstić information content (AvgIpc) is 3.04. The predicted molar refractivity (Wildman–Crippen MR) is 116 cm³/mol. The number of methoxy groups -OCH3 is 1. The fraction of sp³-hybridized carbons (Fsp3) is 0.750. The van der Waals surface area contributed by atoms with Crippen LogP contribution in [0.5, 0.6) is 0 Å². The van der Waals surface area contributed by atoms with Crippen molar-refractivity contribution in [2.75, 3.05) is 46.5 Å². The maximum Gasteiger partial charge on any atom is 0.241 e. The van der Waals surface area contributed by atoms with E-state index in [9.17, 15) is 4.79 Å². The molecule has 1 saturated heterocycles. The molecule has 0 aliphatic carbocycles. The van der Waals surface area contributed by atoms with Gasteiger partial charge in [-0.1, -0.05) is 0 Å². The highest BCUT2D eigenvalue weighted by molar-refractivity contribution is 7.09. The maximum atomic E-state index is 12.2. The molecule has 0 saturated carbocycles. The molecule has 1 aromatic rings. The SMILES string of the molecule is CCOC(C)c1nc(CN2CCN(C(=O)C(N)COC)CC2)cs1.Cl.Cl.Cl. The number of nitrogens with two attached hydrogens (primary N) is 1. The normalized spacial score (nSPS) is 16.5. The molecule has 2 rings (SSSR count). The summed E-state index contributed by atoms with van der Waals surface area (Å²) in [4.78, 5) is 21.0. The highest BCUT2D eigenvalue weighted by atomic mass is 35.5. The Morgan fingerprint density at radius 3 is 2.48 bits per heavy atom. The molecule has 11 heteroatoms. The smallest absolute Gasteiger partial charge is 0.241 e. The Kier molecular flexibility index (Phi) is 15.9. The van der Waals surface area contributed by atoms with Crippen molar-refractivity contribution in [3.8, 4) is 0 Å². The summed E-state index contributed by atoms with van der Waals surface area (Å²) in [5, 5.41) is 3.11. The fourth-order valence-corrected chi connectivity index (χ4v) is 3.56. The molecule has 2 heterocycles. The zero-order valence-corrected chi connectivity index (χ0v) is 19.2. The Hall–Kier alpha value is -0.190. The number of ether oxygens (including phenoxy) is 2. The van der Waals surface area contributed by atoms with Crippen LogP contribution in [-0.4, -0.2) is 73.2 Å². The molecule has 1 aliphatic heterocycles. The van der Waals surface area contributed by atoms with Gasteiger partial charge >= 0.3 is 0 Å². The molecular formula is C16H31Cl3N4O3S. The molecule has 2 atom stereocenters. The molecule has 0 spiro atoms. The molecule has 2 unspecified atom stereocenters. The minimum atomic E-state index is -0.567. The van der Waals surface area contributed by atoms with Crippen molar-refractivity contribution in [1.29, 1.82) is 0 Å². The Labute approximate surface area is 184 Å². The summed E-state index contributed by atoms with van der Waals surface area (Å²) in [6.07, 6.45) is 0.0468. The van der Waals surface area contributed by atoms with Crippen LogP contribution >= 0.6 is 48.6 Å². The van der Waals surface area contributed by atoms with Gasteiger partial charge in [-0.05, 0) is 13.8 Å². The molecule has 1 aliphatic rings. The standard InChI is InChI=1S/C16H28N4O3S.3ClH/c1-4-23-12(2)15-18-13(11-24-15)9-19-5-7-20(8-6-19)16(21)14(17)10-22-3;;;/h11-12,14H,4-10,17H2,1-3H3;3*1H. The average molecular weight is 466 g/mol. The van der Waals surface area contributed by atoms with Crippen LogP contribution in [0.25, 0.3) is 0 Å². The minimum Gasteiger partial charge on any atom is -0.383 e. The maximum absolute atomic E-state index is 12.2. The Bertz CT molecular complexity index is 531. The van der Waals surface area contributed by atoms with Crippen molar-refractivity contribution in [2.45, 2.75) is 32.5 Å². The van der Waals surface area contributed by atoms with Crippen LogP contribution in [0.1, 0.15) is 30.7 Å². The third-order valence-electron chi connectivity index (χ3n) is 4.07. The molecule has 1 aromatic heterocycles. The zero-order chi connectivity index (χ0) is 17.5. The van der Waals surface area contributed by atoms with Crippen LogP contribution < -0.4 is 5.73 Å². The van der Waals surface area contributed by atoms with Crippen molar-refractivity contribution in [2.24, 2.45) is 5.73 Å². The lowest BCUT2D eigenvalue weighted by Crippen LogP contribution is -2.53. The highest BCUT2D eigenvalue weighted by Gasteiger charge is 2.25. The first-order valence-electron chi connectivity index (χ1n) is 8.36. The first-order valence-corrected chi connectivity index (χ1v) is 9.24. The summed E-state index contributed by atoms with van der Waals surface area (Å²) in [5.41, 5.74) is 6.89. The number of aromatic nitrogens is 1. The predicted octanol–water partition coefficient (Wildman–Crippen LogP) is 2.12. The van der Waals surface area contributed by atoms with Gasteiger partial charge in [-0.2, -0.15) is 0 Å². The molecule has 0 bridgehead atoms. The second-order valence-electron chi connectivity index (χ2n) is 5.94. The third kappa shape index (κ3) is 8.79. The molecule has 1 amide bonds. The van der Waals surface area contributed by atoms with E-state index in [2.05, 4.69) is 15.3 Å². The number of rotatable bonds is 8. The van der Waals surface area contributed by atoms with E-state index in [0.717, 1.165) is 30.3 Å². The monoisotopic (exact) mass is 464 g/mol. The van der Waals surface area contributed by atoms with Crippen LogP contribution in [0.3, 0.4) is 0 Å². The van der Waals surface area contributed by atoms with Crippen molar-refractivity contribution < 1.29 is 14.3 Å². The fourth-order valence-electron chi connectivity index (χ4n) is 2.74. The van der Waals surface area contributed by atoms with E-state index in [1.54, 1.807) is 18.4 Å². The van der Waals surface area contributed by atoms with E-state index in [4.69, 9.17) is 15.2 Å². The first-order chi connectivity index (χ1) is 11.5. The van der Waals surface area contributed by atoms with Gasteiger partial charge in [0.15, 0.2) is 0 Å². The largest absolute Gasteiger partial charge is 0.383 e. The molecule has 0 radical (unpaired) electrons. The Morgan fingerprint density at radius 1 is 1.30 bits per heavy atom. The van der Waals surface area contributed by atoms with Gasteiger partial charge in [-0.15, -0.1) is 48.6 Å². The second kappa shape index (κ2) is 14.8. The highest BCUT2D eigenvalue weighted by Crippen LogP contribution is 2.22. The van der Waals surface area contributed by atoms with Crippen LogP contribution in [-0.2, 0) is 20.8 Å². The van der Waals surface area contributed by atoms with E-state index in [-0.39, 0.29) is 55.8 Å². The van der Waals surface area contributed by atoms with Gasteiger partial charge in [-0.25, -0.2) is 4.98 Å². The molecule has 27 heavy (non-hydrogen) atoms. The van der Waals surface area contributed by atoms with Gasteiger partial charge in [0, 0.05) is 51.8 Å². The van der Waals surface area contributed by atoms with Gasteiger partial charge in [-0.3, -0.25) is 9.69 Å². The summed E-state index contributed by atoms with van der Waals surface area (Å²) in [6, 6.07) is -0.567. The number of nitrogens with zero attached hydrogens (tertiary/aromatic N) is 3. The molecular weight excluding hydrogens is 435 g/mol. The number of amides is 1. The van der Waals surface area contributed by atoms with Crippen molar-refractivity contribution in [3.05, 3.63) is 16.1 Å². The number of thiazole rings is 1.